The Labute approximate surface area is 94.2 Å². The third-order valence-corrected chi connectivity index (χ3v) is 3.22. The number of rotatable bonds is 0. The number of hydrogen-bond donors (Lipinski definition) is 1. The summed E-state index contributed by atoms with van der Waals surface area (Å²) in [4.78, 5) is 4.18. The van der Waals surface area contributed by atoms with E-state index in [1.54, 1.807) is 6.07 Å². The Balaban J connectivity index is 2.87. The zero-order chi connectivity index (χ0) is 9.42. The van der Waals surface area contributed by atoms with Crippen LogP contribution in [-0.4, -0.2) is 4.98 Å². The van der Waals surface area contributed by atoms with E-state index >= 15 is 0 Å². The van der Waals surface area contributed by atoms with Crippen LogP contribution in [0.5, 0.6) is 0 Å². The summed E-state index contributed by atoms with van der Waals surface area (Å²) in [6, 6.07) is 7.42. The van der Waals surface area contributed by atoms with E-state index in [-0.39, 0.29) is 0 Å². The maximum atomic E-state index is 5.77. The van der Waals surface area contributed by atoms with Crippen LogP contribution in [0.2, 0.25) is 5.15 Å². The van der Waals surface area contributed by atoms with Crippen molar-refractivity contribution in [3.8, 4) is 0 Å². The van der Waals surface area contributed by atoms with Gasteiger partial charge in [-0.3, -0.25) is 0 Å². The summed E-state index contributed by atoms with van der Waals surface area (Å²) in [5, 5.41) is 1.55. The molecule has 2 N–H and O–H groups in total. The first-order valence-electron chi connectivity index (χ1n) is 3.69. The van der Waals surface area contributed by atoms with E-state index in [1.807, 2.05) is 18.2 Å². The molecule has 66 valence electrons. The summed E-state index contributed by atoms with van der Waals surface area (Å²) in [7, 11) is 0. The smallest absolute Gasteiger partial charge is 0.129 e. The first-order chi connectivity index (χ1) is 6.18. The maximum Gasteiger partial charge on any atom is 0.129 e. The average molecular weight is 305 g/mol. The van der Waals surface area contributed by atoms with Gasteiger partial charge in [0.2, 0.25) is 0 Å². The second kappa shape index (κ2) is 3.31. The molecule has 0 aliphatic carbocycles. The standard InChI is InChI=1S/C9H6ClIN2/c10-8-4-1-5-7(13-8)3-2-6(12)9(5)11/h1-4H,12H2. The van der Waals surface area contributed by atoms with Crippen LogP contribution in [0.25, 0.3) is 10.9 Å². The highest BCUT2D eigenvalue weighted by molar-refractivity contribution is 14.1. The Bertz CT molecular complexity index is 470. The first-order valence-corrected chi connectivity index (χ1v) is 5.14. The maximum absolute atomic E-state index is 5.77. The van der Waals surface area contributed by atoms with E-state index < -0.39 is 0 Å². The summed E-state index contributed by atoms with van der Waals surface area (Å²) in [5.74, 6) is 0. The molecule has 0 saturated heterocycles. The number of benzene rings is 1. The van der Waals surface area contributed by atoms with Crippen molar-refractivity contribution in [3.05, 3.63) is 33.0 Å². The third-order valence-electron chi connectivity index (χ3n) is 1.80. The molecule has 0 saturated carbocycles. The van der Waals surface area contributed by atoms with Gasteiger partial charge in [0.25, 0.3) is 0 Å². The molecule has 13 heavy (non-hydrogen) atoms. The van der Waals surface area contributed by atoms with E-state index in [0.717, 1.165) is 20.2 Å². The molecule has 2 rings (SSSR count). The number of pyridine rings is 1. The molecular weight excluding hydrogens is 298 g/mol. The van der Waals surface area contributed by atoms with Crippen LogP contribution in [0.4, 0.5) is 5.69 Å². The highest BCUT2D eigenvalue weighted by atomic mass is 127. The fourth-order valence-corrected chi connectivity index (χ4v) is 1.95. The van der Waals surface area contributed by atoms with Gasteiger partial charge in [-0.15, -0.1) is 0 Å². The number of fused-ring (bicyclic) bond motifs is 1. The molecular formula is C9H6ClIN2. The molecule has 0 aliphatic rings. The van der Waals surface area contributed by atoms with Gasteiger partial charge < -0.3 is 5.73 Å². The lowest BCUT2D eigenvalue weighted by molar-refractivity contribution is 1.41. The van der Waals surface area contributed by atoms with Crippen molar-refractivity contribution in [1.82, 2.24) is 4.98 Å². The highest BCUT2D eigenvalue weighted by Gasteiger charge is 2.02. The van der Waals surface area contributed by atoms with Gasteiger partial charge in [-0.25, -0.2) is 4.98 Å². The van der Waals surface area contributed by atoms with Crippen LogP contribution in [0.1, 0.15) is 0 Å². The minimum atomic E-state index is 0.507. The number of nitrogens with two attached hydrogens (primary N) is 1. The topological polar surface area (TPSA) is 38.9 Å². The molecule has 0 amide bonds. The van der Waals surface area contributed by atoms with Gasteiger partial charge >= 0.3 is 0 Å². The lowest BCUT2D eigenvalue weighted by atomic mass is 10.2. The van der Waals surface area contributed by atoms with Crippen LogP contribution >= 0.6 is 34.2 Å². The van der Waals surface area contributed by atoms with Gasteiger partial charge in [0, 0.05) is 14.6 Å². The largest absolute Gasteiger partial charge is 0.398 e. The molecule has 1 aromatic heterocycles. The molecule has 1 heterocycles. The van der Waals surface area contributed by atoms with E-state index in [9.17, 15) is 0 Å². The van der Waals surface area contributed by atoms with Crippen LogP contribution in [0, 0.1) is 3.57 Å². The Morgan fingerprint density at radius 1 is 1.23 bits per heavy atom. The van der Waals surface area contributed by atoms with Crippen molar-refractivity contribution >= 4 is 50.8 Å². The Kier molecular flexibility index (Phi) is 2.29. The second-order valence-corrected chi connectivity index (χ2v) is 4.14. The summed E-state index contributed by atoms with van der Waals surface area (Å²) in [5.41, 5.74) is 7.41. The van der Waals surface area contributed by atoms with Crippen molar-refractivity contribution in [2.24, 2.45) is 0 Å². The van der Waals surface area contributed by atoms with Crippen molar-refractivity contribution in [3.63, 3.8) is 0 Å². The number of nitrogens with zero attached hydrogens (tertiary/aromatic N) is 1. The number of anilines is 1. The second-order valence-electron chi connectivity index (χ2n) is 2.67. The summed E-state index contributed by atoms with van der Waals surface area (Å²) < 4.78 is 1.03. The van der Waals surface area contributed by atoms with E-state index in [1.165, 1.54) is 0 Å². The first kappa shape index (κ1) is 9.02. The van der Waals surface area contributed by atoms with E-state index in [0.29, 0.717) is 5.15 Å². The monoisotopic (exact) mass is 304 g/mol. The molecule has 2 nitrogen and oxygen atoms in total. The molecule has 1 aromatic carbocycles. The minimum absolute atomic E-state index is 0.507. The lowest BCUT2D eigenvalue weighted by Crippen LogP contribution is -1.91. The Morgan fingerprint density at radius 2 is 2.00 bits per heavy atom. The molecule has 0 atom stereocenters. The number of halogens is 2. The van der Waals surface area contributed by atoms with Gasteiger partial charge in [0.15, 0.2) is 0 Å². The van der Waals surface area contributed by atoms with Gasteiger partial charge in [0.1, 0.15) is 5.15 Å². The number of nitrogen functional groups attached to an aromatic ring is 1. The predicted octanol–water partition coefficient (Wildman–Crippen LogP) is 3.08. The van der Waals surface area contributed by atoms with Crippen molar-refractivity contribution in [2.45, 2.75) is 0 Å². The highest BCUT2D eigenvalue weighted by Crippen LogP contribution is 2.25. The fraction of sp³-hybridized carbons (Fsp3) is 0. The van der Waals surface area contributed by atoms with Gasteiger partial charge in [0.05, 0.1) is 5.52 Å². The third kappa shape index (κ3) is 1.58. The predicted molar refractivity (Wildman–Crippen MR) is 63.9 cm³/mol. The SMILES string of the molecule is Nc1ccc2nc(Cl)ccc2c1I. The summed E-state index contributed by atoms with van der Waals surface area (Å²) in [6.07, 6.45) is 0. The normalized spacial score (nSPS) is 10.6. The number of aromatic nitrogens is 1. The average Bonchev–Trinajstić information content (AvgIpc) is 2.12. The molecule has 2 aromatic rings. The van der Waals surface area contributed by atoms with Crippen molar-refractivity contribution in [2.75, 3.05) is 5.73 Å². The Morgan fingerprint density at radius 3 is 2.77 bits per heavy atom. The molecule has 0 fully saturated rings. The van der Waals surface area contributed by atoms with E-state index in [4.69, 9.17) is 17.3 Å². The lowest BCUT2D eigenvalue weighted by Gasteiger charge is -2.02. The zero-order valence-corrected chi connectivity index (χ0v) is 9.50. The van der Waals surface area contributed by atoms with Crippen LogP contribution in [0.15, 0.2) is 24.3 Å². The molecule has 0 aliphatic heterocycles. The van der Waals surface area contributed by atoms with Crippen LogP contribution in [0.3, 0.4) is 0 Å². The van der Waals surface area contributed by atoms with Gasteiger partial charge in [-0.2, -0.15) is 0 Å². The molecule has 0 spiro atoms. The molecule has 0 unspecified atom stereocenters. The van der Waals surface area contributed by atoms with Crippen LogP contribution in [-0.2, 0) is 0 Å². The summed E-state index contributed by atoms with van der Waals surface area (Å²) >= 11 is 7.97. The van der Waals surface area contributed by atoms with Crippen LogP contribution < -0.4 is 5.73 Å². The molecule has 0 radical (unpaired) electrons. The molecule has 4 heteroatoms. The van der Waals surface area contributed by atoms with E-state index in [2.05, 4.69) is 27.6 Å². The number of hydrogen-bond acceptors (Lipinski definition) is 2. The molecule has 0 bridgehead atoms. The van der Waals surface area contributed by atoms with Gasteiger partial charge in [-0.05, 0) is 46.9 Å². The van der Waals surface area contributed by atoms with Crippen molar-refractivity contribution in [1.29, 1.82) is 0 Å². The Hall–Kier alpha value is -0.550. The minimum Gasteiger partial charge on any atom is -0.398 e. The van der Waals surface area contributed by atoms with Crippen molar-refractivity contribution < 1.29 is 0 Å². The van der Waals surface area contributed by atoms with Gasteiger partial charge in [-0.1, -0.05) is 11.6 Å². The fourth-order valence-electron chi connectivity index (χ4n) is 1.16. The quantitative estimate of drug-likeness (QED) is 0.461. The zero-order valence-electron chi connectivity index (χ0n) is 6.59. The summed E-state index contributed by atoms with van der Waals surface area (Å²) in [6.45, 7) is 0.